The number of imidazole rings is 1. The van der Waals surface area contributed by atoms with Crippen molar-refractivity contribution < 1.29 is 13.2 Å². The largest absolute Gasteiger partial charge is 0.325 e. The maximum absolute atomic E-state index is 13.2. The number of carbonyl (C=O) groups excluding carboxylic acids is 1. The van der Waals surface area contributed by atoms with E-state index in [1.165, 1.54) is 4.31 Å². The van der Waals surface area contributed by atoms with Gasteiger partial charge < -0.3 is 5.32 Å². The number of amides is 1. The van der Waals surface area contributed by atoms with Crippen molar-refractivity contribution in [2.75, 3.05) is 11.6 Å². The molecule has 1 aliphatic heterocycles. The van der Waals surface area contributed by atoms with E-state index < -0.39 is 16.1 Å². The number of nitrogens with one attached hydrogen (secondary N) is 1. The number of aryl methyl sites for hydroxylation is 1. The lowest BCUT2D eigenvalue weighted by atomic mass is 9.95. The highest BCUT2D eigenvalue weighted by atomic mass is 32.2. The van der Waals surface area contributed by atoms with Gasteiger partial charge in [0.15, 0.2) is 0 Å². The van der Waals surface area contributed by atoms with Gasteiger partial charge in [-0.3, -0.25) is 9.36 Å². The van der Waals surface area contributed by atoms with Crippen LogP contribution in [0.5, 0.6) is 0 Å². The lowest BCUT2D eigenvalue weighted by molar-refractivity contribution is -0.120. The summed E-state index contributed by atoms with van der Waals surface area (Å²) in [7, 11) is -3.57. The Bertz CT molecular complexity index is 1460. The number of hydrogen-bond donors (Lipinski definition) is 1. The van der Waals surface area contributed by atoms with E-state index in [4.69, 9.17) is 0 Å². The van der Waals surface area contributed by atoms with E-state index >= 15 is 0 Å². The molecular formula is C25H24N4O3S. The summed E-state index contributed by atoms with van der Waals surface area (Å²) in [5.74, 6) is 0.486. The van der Waals surface area contributed by atoms with Gasteiger partial charge in [0.05, 0.1) is 17.3 Å². The van der Waals surface area contributed by atoms with Crippen LogP contribution in [0.3, 0.4) is 0 Å². The fourth-order valence-electron chi connectivity index (χ4n) is 4.48. The smallest absolute Gasteiger partial charge is 0.243 e. The number of fused-ring (bicyclic) bond motifs is 2. The molecule has 0 bridgehead atoms. The summed E-state index contributed by atoms with van der Waals surface area (Å²) in [6.45, 7) is 2.13. The predicted molar refractivity (Wildman–Crippen MR) is 129 cm³/mol. The van der Waals surface area contributed by atoms with E-state index in [1.807, 2.05) is 79.7 Å². The van der Waals surface area contributed by atoms with Crippen LogP contribution in [-0.2, 0) is 27.8 Å². The number of nitrogens with zero attached hydrogens (tertiary/aromatic N) is 3. The average molecular weight is 461 g/mol. The summed E-state index contributed by atoms with van der Waals surface area (Å²) in [5.41, 5.74) is 5.20. The van der Waals surface area contributed by atoms with Crippen LogP contribution >= 0.6 is 0 Å². The van der Waals surface area contributed by atoms with E-state index in [2.05, 4.69) is 14.9 Å². The van der Waals surface area contributed by atoms with E-state index in [0.29, 0.717) is 12.1 Å². The third kappa shape index (κ3) is 4.03. The summed E-state index contributed by atoms with van der Waals surface area (Å²) in [5, 5.41) is 2.91. The van der Waals surface area contributed by atoms with Gasteiger partial charge in [-0.05, 0) is 54.8 Å². The molecule has 0 fully saturated rings. The van der Waals surface area contributed by atoms with Gasteiger partial charge in [-0.2, -0.15) is 4.31 Å². The molecule has 1 aromatic heterocycles. The van der Waals surface area contributed by atoms with Crippen molar-refractivity contribution >= 4 is 32.7 Å². The average Bonchev–Trinajstić information content (AvgIpc) is 3.13. The summed E-state index contributed by atoms with van der Waals surface area (Å²) >= 11 is 0. The van der Waals surface area contributed by atoms with Gasteiger partial charge in [-0.25, -0.2) is 13.4 Å². The summed E-state index contributed by atoms with van der Waals surface area (Å²) < 4.78 is 28.2. The molecule has 0 radical (unpaired) electrons. The topological polar surface area (TPSA) is 84.3 Å². The quantitative estimate of drug-likeness (QED) is 0.504. The Morgan fingerprint density at radius 3 is 2.42 bits per heavy atom. The van der Waals surface area contributed by atoms with Crippen LogP contribution in [0.25, 0.3) is 16.7 Å². The minimum absolute atomic E-state index is 0.187. The highest BCUT2D eigenvalue weighted by Crippen LogP contribution is 2.28. The number of para-hydroxylation sites is 1. The number of aromatic nitrogens is 2. The van der Waals surface area contributed by atoms with Crippen LogP contribution in [-0.4, -0.2) is 40.5 Å². The molecule has 3 aromatic carbocycles. The minimum Gasteiger partial charge on any atom is -0.325 e. The predicted octanol–water partition coefficient (Wildman–Crippen LogP) is 3.66. The molecule has 168 valence electrons. The molecule has 0 unspecified atom stereocenters. The second-order valence-electron chi connectivity index (χ2n) is 8.32. The molecule has 33 heavy (non-hydrogen) atoms. The zero-order valence-electron chi connectivity index (χ0n) is 18.4. The number of benzene rings is 3. The highest BCUT2D eigenvalue weighted by molar-refractivity contribution is 7.88. The first-order valence-electron chi connectivity index (χ1n) is 10.7. The first-order chi connectivity index (χ1) is 15.8. The number of carbonyl (C=O) groups is 1. The van der Waals surface area contributed by atoms with Crippen LogP contribution in [0.15, 0.2) is 72.8 Å². The van der Waals surface area contributed by atoms with E-state index in [9.17, 15) is 13.2 Å². The lowest BCUT2D eigenvalue weighted by Crippen LogP contribution is -2.50. The molecule has 5 rings (SSSR count). The maximum atomic E-state index is 13.2. The summed E-state index contributed by atoms with van der Waals surface area (Å²) in [6.07, 6.45) is 1.48. The third-order valence-electron chi connectivity index (χ3n) is 6.04. The highest BCUT2D eigenvalue weighted by Gasteiger charge is 2.36. The standard InChI is InChI=1S/C25H24N4O3S/c1-17-26-22-15-20(12-13-23(22)29(17)21-10-4-3-5-11-21)27-25(30)24-14-18-8-6-7-9-19(18)16-28(24)33(2,31)32/h3-13,15,24H,14,16H2,1-2H3,(H,27,30)/t24-/m1/s1. The van der Waals surface area contributed by atoms with Crippen LogP contribution < -0.4 is 5.32 Å². The molecule has 1 aliphatic rings. The van der Waals surface area contributed by atoms with Gasteiger partial charge in [0.1, 0.15) is 11.9 Å². The fourth-order valence-corrected chi connectivity index (χ4v) is 5.48. The molecule has 0 spiro atoms. The van der Waals surface area contributed by atoms with Crippen LogP contribution in [0.4, 0.5) is 5.69 Å². The second kappa shape index (κ2) is 8.13. The third-order valence-corrected chi connectivity index (χ3v) is 7.27. The monoisotopic (exact) mass is 460 g/mol. The van der Waals surface area contributed by atoms with Gasteiger partial charge in [0.2, 0.25) is 15.9 Å². The maximum Gasteiger partial charge on any atom is 0.243 e. The van der Waals surface area contributed by atoms with Crippen LogP contribution in [0.1, 0.15) is 17.0 Å². The number of sulfonamides is 1. The molecule has 4 aromatic rings. The zero-order chi connectivity index (χ0) is 23.2. The van der Waals surface area contributed by atoms with Crippen molar-refractivity contribution in [3.63, 3.8) is 0 Å². The SMILES string of the molecule is Cc1nc2cc(NC(=O)[C@H]3Cc4ccccc4CN3S(C)(=O)=O)ccc2n1-c1ccccc1. The van der Waals surface area contributed by atoms with Crippen molar-refractivity contribution in [3.05, 3.63) is 89.7 Å². The fraction of sp³-hybridized carbons (Fsp3) is 0.200. The zero-order valence-corrected chi connectivity index (χ0v) is 19.2. The number of anilines is 1. The normalized spacial score (nSPS) is 16.5. The number of rotatable bonds is 4. The molecule has 1 atom stereocenters. The molecule has 0 aliphatic carbocycles. The van der Waals surface area contributed by atoms with Gasteiger partial charge in [0.25, 0.3) is 0 Å². The lowest BCUT2D eigenvalue weighted by Gasteiger charge is -2.34. The van der Waals surface area contributed by atoms with Gasteiger partial charge in [-0.15, -0.1) is 0 Å². The molecule has 1 amide bonds. The first kappa shape index (κ1) is 21.4. The van der Waals surface area contributed by atoms with Gasteiger partial charge >= 0.3 is 0 Å². The van der Waals surface area contributed by atoms with E-state index in [1.54, 1.807) is 0 Å². The molecule has 1 N–H and O–H groups in total. The van der Waals surface area contributed by atoms with Gasteiger partial charge in [0, 0.05) is 17.9 Å². The van der Waals surface area contributed by atoms with Crippen LogP contribution in [0.2, 0.25) is 0 Å². The van der Waals surface area contributed by atoms with Crippen molar-refractivity contribution in [1.82, 2.24) is 13.9 Å². The Morgan fingerprint density at radius 2 is 1.70 bits per heavy atom. The molecule has 7 nitrogen and oxygen atoms in total. The van der Waals surface area contributed by atoms with E-state index in [0.717, 1.165) is 39.9 Å². The Kier molecular flexibility index (Phi) is 5.26. The summed E-state index contributed by atoms with van der Waals surface area (Å²) in [6, 6.07) is 22.3. The second-order valence-corrected chi connectivity index (χ2v) is 10.3. The van der Waals surface area contributed by atoms with Crippen molar-refractivity contribution in [2.45, 2.75) is 25.9 Å². The Labute approximate surface area is 192 Å². The molecule has 8 heteroatoms. The van der Waals surface area contributed by atoms with Gasteiger partial charge in [-0.1, -0.05) is 42.5 Å². The van der Waals surface area contributed by atoms with Crippen molar-refractivity contribution in [2.24, 2.45) is 0 Å². The van der Waals surface area contributed by atoms with Crippen molar-refractivity contribution in [3.8, 4) is 5.69 Å². The molecular weight excluding hydrogens is 436 g/mol. The minimum atomic E-state index is -3.57. The Balaban J connectivity index is 1.45. The van der Waals surface area contributed by atoms with Crippen molar-refractivity contribution in [1.29, 1.82) is 0 Å². The Hall–Kier alpha value is -3.49. The van der Waals surface area contributed by atoms with Crippen LogP contribution in [0, 0.1) is 6.92 Å². The molecule has 0 saturated heterocycles. The number of hydrogen-bond acceptors (Lipinski definition) is 4. The first-order valence-corrected chi connectivity index (χ1v) is 12.5. The summed E-state index contributed by atoms with van der Waals surface area (Å²) in [4.78, 5) is 17.9. The molecule has 2 heterocycles. The Morgan fingerprint density at radius 1 is 1.00 bits per heavy atom. The van der Waals surface area contributed by atoms with E-state index in [-0.39, 0.29) is 12.5 Å². The molecule has 0 saturated carbocycles.